The maximum atomic E-state index is 13.2. The number of benzene rings is 1. The van der Waals surface area contributed by atoms with E-state index in [1.165, 1.54) is 22.3 Å². The Bertz CT molecular complexity index is 1600. The summed E-state index contributed by atoms with van der Waals surface area (Å²) < 4.78 is 40.1. The number of carboxylic acid groups (broad SMARTS) is 1. The fraction of sp³-hybridized carbons (Fsp3) is 0.333. The molecule has 0 aliphatic carbocycles. The Kier molecular flexibility index (Phi) is 7.28. The third-order valence-corrected chi connectivity index (χ3v) is 8.42. The normalized spacial score (nSPS) is 15.2. The number of urea groups is 1. The third-order valence-electron chi connectivity index (χ3n) is 7.30. The fourth-order valence-corrected chi connectivity index (χ4v) is 5.79. The summed E-state index contributed by atoms with van der Waals surface area (Å²) in [6, 6.07) is 5.16. The van der Waals surface area contributed by atoms with Crippen LogP contribution in [-0.2, 0) is 11.0 Å². The standard InChI is InChI=1S/C27H26F3N7O3S/c1-3-37(23(31)40)25-35-20-11-15(10-18(21(20)41-25)19-5-4-17(14-32-19)27(28,29)30)16-12-33-24(34-13-16)36-8-6-26(2,7-9-36)22(38)39/h4-5,10-14H,3,6-9H2,1-2H3,(H2,31,40)(H,38,39). The van der Waals surface area contributed by atoms with Gasteiger partial charge in [-0.25, -0.2) is 19.7 Å². The first-order valence-electron chi connectivity index (χ1n) is 12.8. The molecule has 214 valence electrons. The molecule has 1 aliphatic heterocycles. The van der Waals surface area contributed by atoms with Crippen LogP contribution in [0.3, 0.4) is 0 Å². The second kappa shape index (κ2) is 10.6. The molecule has 10 nitrogen and oxygen atoms in total. The van der Waals surface area contributed by atoms with E-state index in [0.29, 0.717) is 69.6 Å². The van der Waals surface area contributed by atoms with Crippen LogP contribution >= 0.6 is 11.3 Å². The van der Waals surface area contributed by atoms with Crippen molar-refractivity contribution in [1.82, 2.24) is 19.9 Å². The van der Waals surface area contributed by atoms with Crippen LogP contribution in [0.4, 0.5) is 29.0 Å². The predicted octanol–water partition coefficient (Wildman–Crippen LogP) is 5.43. The van der Waals surface area contributed by atoms with Gasteiger partial charge in [0, 0.05) is 49.4 Å². The number of fused-ring (bicyclic) bond motifs is 1. The van der Waals surface area contributed by atoms with Gasteiger partial charge in [-0.1, -0.05) is 11.3 Å². The number of amides is 2. The van der Waals surface area contributed by atoms with Crippen molar-refractivity contribution in [3.8, 4) is 22.4 Å². The number of alkyl halides is 3. The molecule has 1 aromatic carbocycles. The van der Waals surface area contributed by atoms with Crippen LogP contribution in [0, 0.1) is 5.41 Å². The number of thiazole rings is 1. The second-order valence-corrected chi connectivity index (χ2v) is 11.0. The Labute approximate surface area is 236 Å². The van der Waals surface area contributed by atoms with Crippen molar-refractivity contribution >= 4 is 44.6 Å². The molecule has 0 atom stereocenters. The average Bonchev–Trinajstić information content (AvgIpc) is 3.36. The number of carbonyl (C=O) groups is 2. The Morgan fingerprint density at radius 1 is 1.10 bits per heavy atom. The number of aromatic nitrogens is 4. The smallest absolute Gasteiger partial charge is 0.417 e. The number of hydrogen-bond donors (Lipinski definition) is 2. The van der Waals surface area contributed by atoms with E-state index in [1.54, 1.807) is 38.4 Å². The Hall–Kier alpha value is -4.33. The van der Waals surface area contributed by atoms with E-state index in [-0.39, 0.29) is 6.54 Å². The highest BCUT2D eigenvalue weighted by atomic mass is 32.1. The van der Waals surface area contributed by atoms with Crippen molar-refractivity contribution in [2.45, 2.75) is 32.9 Å². The van der Waals surface area contributed by atoms with Crippen molar-refractivity contribution in [1.29, 1.82) is 0 Å². The first kappa shape index (κ1) is 28.2. The Balaban J connectivity index is 1.53. The summed E-state index contributed by atoms with van der Waals surface area (Å²) >= 11 is 1.19. The lowest BCUT2D eigenvalue weighted by molar-refractivity contribution is -0.149. The lowest BCUT2D eigenvalue weighted by Gasteiger charge is -2.36. The highest BCUT2D eigenvalue weighted by molar-refractivity contribution is 7.23. The number of primary amides is 1. The van der Waals surface area contributed by atoms with E-state index in [1.807, 2.05) is 4.90 Å². The molecule has 0 spiro atoms. The van der Waals surface area contributed by atoms with Crippen LogP contribution in [-0.4, -0.2) is 56.7 Å². The highest BCUT2D eigenvalue weighted by Crippen LogP contribution is 2.40. The molecule has 4 aromatic rings. The van der Waals surface area contributed by atoms with E-state index in [9.17, 15) is 27.9 Å². The van der Waals surface area contributed by atoms with E-state index < -0.39 is 29.2 Å². The van der Waals surface area contributed by atoms with Gasteiger partial charge < -0.3 is 15.7 Å². The monoisotopic (exact) mass is 585 g/mol. The minimum atomic E-state index is -4.52. The van der Waals surface area contributed by atoms with E-state index in [2.05, 4.69) is 19.9 Å². The summed E-state index contributed by atoms with van der Waals surface area (Å²) in [6.07, 6.45) is 0.466. The summed E-state index contributed by atoms with van der Waals surface area (Å²) in [5.74, 6) is -0.340. The second-order valence-electron chi connectivity index (χ2n) is 10.0. The SMILES string of the molecule is CCN(C(N)=O)c1nc2cc(-c3cnc(N4CCC(C)(C(=O)O)CC4)nc3)cc(-c3ccc(C(F)(F)F)cn3)c2s1. The van der Waals surface area contributed by atoms with E-state index >= 15 is 0 Å². The molecule has 2 amide bonds. The predicted molar refractivity (Wildman–Crippen MR) is 149 cm³/mol. The van der Waals surface area contributed by atoms with Gasteiger partial charge >= 0.3 is 18.2 Å². The van der Waals surface area contributed by atoms with Gasteiger partial charge in [0.15, 0.2) is 5.13 Å². The summed E-state index contributed by atoms with van der Waals surface area (Å²) in [7, 11) is 0. The molecule has 41 heavy (non-hydrogen) atoms. The largest absolute Gasteiger partial charge is 0.481 e. The molecular weight excluding hydrogens is 559 g/mol. The van der Waals surface area contributed by atoms with E-state index in [4.69, 9.17) is 5.73 Å². The zero-order valence-electron chi connectivity index (χ0n) is 22.1. The van der Waals surface area contributed by atoms with Gasteiger partial charge in [0.25, 0.3) is 0 Å². The van der Waals surface area contributed by atoms with Crippen LogP contribution in [0.5, 0.6) is 0 Å². The minimum Gasteiger partial charge on any atom is -0.481 e. The number of rotatable bonds is 6. The quantitative estimate of drug-likeness (QED) is 0.306. The first-order valence-corrected chi connectivity index (χ1v) is 13.6. The topological polar surface area (TPSA) is 138 Å². The van der Waals surface area contributed by atoms with Gasteiger partial charge in [0.1, 0.15) is 0 Å². The molecule has 1 aliphatic rings. The molecule has 0 radical (unpaired) electrons. The van der Waals surface area contributed by atoms with Gasteiger partial charge in [-0.3, -0.25) is 14.7 Å². The Morgan fingerprint density at radius 3 is 2.32 bits per heavy atom. The van der Waals surface area contributed by atoms with Crippen molar-refractivity contribution in [2.24, 2.45) is 11.1 Å². The van der Waals surface area contributed by atoms with Gasteiger partial charge in [-0.15, -0.1) is 0 Å². The van der Waals surface area contributed by atoms with Gasteiger partial charge in [0.2, 0.25) is 5.95 Å². The molecule has 1 saturated heterocycles. The number of carbonyl (C=O) groups excluding carboxylic acids is 1. The van der Waals surface area contributed by atoms with Gasteiger partial charge in [-0.2, -0.15) is 13.2 Å². The number of piperidine rings is 1. The average molecular weight is 586 g/mol. The number of hydrogen-bond acceptors (Lipinski definition) is 8. The maximum Gasteiger partial charge on any atom is 0.417 e. The maximum absolute atomic E-state index is 13.2. The van der Waals surface area contributed by atoms with Crippen molar-refractivity contribution in [2.75, 3.05) is 29.4 Å². The van der Waals surface area contributed by atoms with Crippen LogP contribution in [0.15, 0.2) is 42.9 Å². The summed E-state index contributed by atoms with van der Waals surface area (Å²) in [4.78, 5) is 44.4. The van der Waals surface area contributed by atoms with Crippen LogP contribution in [0.1, 0.15) is 32.3 Å². The van der Waals surface area contributed by atoms with Crippen LogP contribution in [0.2, 0.25) is 0 Å². The first-order chi connectivity index (χ1) is 19.4. The number of nitrogens with zero attached hydrogens (tertiary/aromatic N) is 6. The summed E-state index contributed by atoms with van der Waals surface area (Å²) in [5, 5.41) is 9.84. The minimum absolute atomic E-state index is 0.285. The lowest BCUT2D eigenvalue weighted by atomic mass is 9.80. The number of carboxylic acids is 1. The van der Waals surface area contributed by atoms with Crippen molar-refractivity contribution in [3.63, 3.8) is 0 Å². The van der Waals surface area contributed by atoms with Crippen molar-refractivity contribution in [3.05, 3.63) is 48.4 Å². The Morgan fingerprint density at radius 2 is 1.78 bits per heavy atom. The zero-order chi connectivity index (χ0) is 29.5. The van der Waals surface area contributed by atoms with Gasteiger partial charge in [-0.05, 0) is 56.5 Å². The molecule has 3 aromatic heterocycles. The molecule has 0 bridgehead atoms. The number of nitrogens with two attached hydrogens (primary N) is 1. The van der Waals surface area contributed by atoms with Crippen LogP contribution in [0.25, 0.3) is 32.6 Å². The summed E-state index contributed by atoms with van der Waals surface area (Å²) in [6.45, 7) is 4.79. The number of anilines is 2. The third kappa shape index (κ3) is 5.51. The molecular formula is C27H26F3N7O3S. The summed E-state index contributed by atoms with van der Waals surface area (Å²) in [5.41, 5.74) is 6.50. The molecule has 5 rings (SSSR count). The molecule has 3 N–H and O–H groups in total. The van der Waals surface area contributed by atoms with Crippen LogP contribution < -0.4 is 15.5 Å². The lowest BCUT2D eigenvalue weighted by Crippen LogP contribution is -2.43. The number of pyridine rings is 1. The van der Waals surface area contributed by atoms with Crippen molar-refractivity contribution < 1.29 is 27.9 Å². The molecule has 0 saturated carbocycles. The molecule has 14 heteroatoms. The number of aliphatic carboxylic acids is 1. The molecule has 4 heterocycles. The molecule has 1 fully saturated rings. The van der Waals surface area contributed by atoms with E-state index in [0.717, 1.165) is 12.3 Å². The van der Waals surface area contributed by atoms with Gasteiger partial charge in [0.05, 0.1) is 26.9 Å². The fourth-order valence-electron chi connectivity index (χ4n) is 4.65. The molecule has 0 unspecified atom stereocenters. The number of halogens is 3. The highest BCUT2D eigenvalue weighted by Gasteiger charge is 2.37. The zero-order valence-corrected chi connectivity index (χ0v) is 23.0.